The first kappa shape index (κ1) is 8.58. The van der Waals surface area contributed by atoms with Crippen molar-refractivity contribution in [1.29, 1.82) is 0 Å². The molecule has 12 heavy (non-hydrogen) atoms. The van der Waals surface area contributed by atoms with E-state index in [1.807, 2.05) is 6.92 Å². The standard InChI is InChI=1S/C7H11N3O2/c1-3-10-6(8)4-5(9-10)7(11)12-2/h4H,3,8H2,1-2H3. The van der Waals surface area contributed by atoms with Crippen LogP contribution in [0.4, 0.5) is 5.82 Å². The second kappa shape index (κ2) is 3.25. The molecule has 0 aliphatic carbocycles. The molecule has 0 amide bonds. The number of ether oxygens (including phenoxy) is 1. The molecule has 5 nitrogen and oxygen atoms in total. The maximum absolute atomic E-state index is 10.9. The van der Waals surface area contributed by atoms with E-state index in [4.69, 9.17) is 5.73 Å². The Kier molecular flexibility index (Phi) is 2.32. The van der Waals surface area contributed by atoms with Gasteiger partial charge in [-0.05, 0) is 6.92 Å². The maximum atomic E-state index is 10.9. The van der Waals surface area contributed by atoms with Gasteiger partial charge in [-0.2, -0.15) is 5.10 Å². The molecule has 0 aromatic carbocycles. The molecular weight excluding hydrogens is 158 g/mol. The van der Waals surface area contributed by atoms with Crippen LogP contribution < -0.4 is 5.73 Å². The molecule has 1 aromatic heterocycles. The van der Waals surface area contributed by atoms with E-state index in [2.05, 4.69) is 9.84 Å². The monoisotopic (exact) mass is 169 g/mol. The van der Waals surface area contributed by atoms with E-state index in [1.165, 1.54) is 17.9 Å². The van der Waals surface area contributed by atoms with Crippen LogP contribution in [0.1, 0.15) is 17.4 Å². The lowest BCUT2D eigenvalue weighted by molar-refractivity contribution is 0.0593. The normalized spacial score (nSPS) is 9.83. The summed E-state index contributed by atoms with van der Waals surface area (Å²) in [5, 5.41) is 3.92. The summed E-state index contributed by atoms with van der Waals surface area (Å²) in [5.41, 5.74) is 5.78. The summed E-state index contributed by atoms with van der Waals surface area (Å²) in [4.78, 5) is 10.9. The van der Waals surface area contributed by atoms with Crippen molar-refractivity contribution in [3.8, 4) is 0 Å². The molecule has 1 rings (SSSR count). The Bertz CT molecular complexity index is 293. The molecule has 0 radical (unpaired) electrons. The summed E-state index contributed by atoms with van der Waals surface area (Å²) in [6, 6.07) is 1.50. The highest BCUT2D eigenvalue weighted by Crippen LogP contribution is 2.06. The quantitative estimate of drug-likeness (QED) is 0.645. The average Bonchev–Trinajstić information content (AvgIpc) is 2.45. The van der Waals surface area contributed by atoms with Crippen LogP contribution in [0.2, 0.25) is 0 Å². The van der Waals surface area contributed by atoms with Crippen LogP contribution in [0.15, 0.2) is 6.07 Å². The number of nitrogens with two attached hydrogens (primary N) is 1. The lowest BCUT2D eigenvalue weighted by Crippen LogP contribution is -2.05. The number of hydrogen-bond donors (Lipinski definition) is 1. The highest BCUT2D eigenvalue weighted by atomic mass is 16.5. The van der Waals surface area contributed by atoms with E-state index >= 15 is 0 Å². The molecule has 0 spiro atoms. The summed E-state index contributed by atoms with van der Waals surface area (Å²) < 4.78 is 6.01. The molecule has 0 atom stereocenters. The molecule has 0 saturated heterocycles. The van der Waals surface area contributed by atoms with E-state index in [1.54, 1.807) is 0 Å². The smallest absolute Gasteiger partial charge is 0.358 e. The van der Waals surface area contributed by atoms with E-state index in [0.29, 0.717) is 12.4 Å². The summed E-state index contributed by atoms with van der Waals surface area (Å²) in [6.07, 6.45) is 0. The number of nitrogen functional groups attached to an aromatic ring is 1. The molecule has 0 aliphatic rings. The van der Waals surface area contributed by atoms with Gasteiger partial charge >= 0.3 is 5.97 Å². The second-order valence-corrected chi connectivity index (χ2v) is 2.26. The molecule has 5 heteroatoms. The fourth-order valence-corrected chi connectivity index (χ4v) is 0.889. The third kappa shape index (κ3) is 1.39. The van der Waals surface area contributed by atoms with Gasteiger partial charge in [0.15, 0.2) is 5.69 Å². The minimum atomic E-state index is -0.464. The SMILES string of the molecule is CCn1nc(C(=O)OC)cc1N. The van der Waals surface area contributed by atoms with E-state index in [-0.39, 0.29) is 5.69 Å². The second-order valence-electron chi connectivity index (χ2n) is 2.26. The molecule has 0 aliphatic heterocycles. The van der Waals surface area contributed by atoms with Crippen LogP contribution in [0, 0.1) is 0 Å². The van der Waals surface area contributed by atoms with Gasteiger partial charge in [0.2, 0.25) is 0 Å². The first-order valence-corrected chi connectivity index (χ1v) is 3.60. The van der Waals surface area contributed by atoms with Crippen molar-refractivity contribution in [2.75, 3.05) is 12.8 Å². The number of methoxy groups -OCH3 is 1. The van der Waals surface area contributed by atoms with Crippen molar-refractivity contribution >= 4 is 11.8 Å². The summed E-state index contributed by atoms with van der Waals surface area (Å²) in [7, 11) is 1.31. The van der Waals surface area contributed by atoms with E-state index < -0.39 is 5.97 Å². The fourth-order valence-electron chi connectivity index (χ4n) is 0.889. The van der Waals surface area contributed by atoms with Gasteiger partial charge in [0, 0.05) is 12.6 Å². The number of carbonyl (C=O) groups excluding carboxylic acids is 1. The number of carbonyl (C=O) groups is 1. The number of anilines is 1. The zero-order chi connectivity index (χ0) is 9.14. The number of nitrogens with zero attached hydrogens (tertiary/aromatic N) is 2. The van der Waals surface area contributed by atoms with E-state index in [9.17, 15) is 4.79 Å². The molecule has 1 aromatic rings. The molecule has 1 heterocycles. The zero-order valence-electron chi connectivity index (χ0n) is 7.07. The van der Waals surface area contributed by atoms with Gasteiger partial charge in [-0.1, -0.05) is 0 Å². The summed E-state index contributed by atoms with van der Waals surface area (Å²) in [5.74, 6) is 0.00630. The molecule has 0 fully saturated rings. The minimum Gasteiger partial charge on any atom is -0.464 e. The highest BCUT2D eigenvalue weighted by molar-refractivity contribution is 5.87. The highest BCUT2D eigenvalue weighted by Gasteiger charge is 2.11. The third-order valence-electron chi connectivity index (χ3n) is 1.51. The van der Waals surface area contributed by atoms with Crippen LogP contribution >= 0.6 is 0 Å². The minimum absolute atomic E-state index is 0.247. The number of esters is 1. The van der Waals surface area contributed by atoms with Gasteiger partial charge in [0.05, 0.1) is 7.11 Å². The Morgan fingerprint density at radius 1 is 1.83 bits per heavy atom. The van der Waals surface area contributed by atoms with Gasteiger partial charge in [0.25, 0.3) is 0 Å². The predicted molar refractivity (Wildman–Crippen MR) is 43.7 cm³/mol. The largest absolute Gasteiger partial charge is 0.464 e. The van der Waals surface area contributed by atoms with Crippen LogP contribution in [-0.4, -0.2) is 22.9 Å². The molecule has 0 unspecified atom stereocenters. The fraction of sp³-hybridized carbons (Fsp3) is 0.429. The third-order valence-corrected chi connectivity index (χ3v) is 1.51. The number of aromatic nitrogens is 2. The van der Waals surface area contributed by atoms with Crippen molar-refractivity contribution in [3.05, 3.63) is 11.8 Å². The maximum Gasteiger partial charge on any atom is 0.358 e. The number of rotatable bonds is 2. The van der Waals surface area contributed by atoms with Crippen LogP contribution in [-0.2, 0) is 11.3 Å². The summed E-state index contributed by atoms with van der Waals surface area (Å²) >= 11 is 0. The first-order chi connectivity index (χ1) is 5.69. The number of hydrogen-bond acceptors (Lipinski definition) is 4. The van der Waals surface area contributed by atoms with Crippen LogP contribution in [0.5, 0.6) is 0 Å². The topological polar surface area (TPSA) is 70.1 Å². The predicted octanol–water partition coefficient (Wildman–Crippen LogP) is 0.272. The van der Waals surface area contributed by atoms with Gasteiger partial charge in [-0.25, -0.2) is 9.48 Å². The molecule has 66 valence electrons. The van der Waals surface area contributed by atoms with Gasteiger partial charge in [-0.15, -0.1) is 0 Å². The molecule has 2 N–H and O–H groups in total. The van der Waals surface area contributed by atoms with Crippen molar-refractivity contribution in [2.24, 2.45) is 0 Å². The lowest BCUT2D eigenvalue weighted by Gasteiger charge is -1.95. The Hall–Kier alpha value is -1.52. The van der Waals surface area contributed by atoms with E-state index in [0.717, 1.165) is 0 Å². The van der Waals surface area contributed by atoms with Crippen LogP contribution in [0.25, 0.3) is 0 Å². The lowest BCUT2D eigenvalue weighted by atomic mass is 10.4. The van der Waals surface area contributed by atoms with Crippen molar-refractivity contribution < 1.29 is 9.53 Å². The number of aryl methyl sites for hydroxylation is 1. The average molecular weight is 169 g/mol. The Morgan fingerprint density at radius 2 is 2.50 bits per heavy atom. The van der Waals surface area contributed by atoms with Crippen LogP contribution in [0.3, 0.4) is 0 Å². The van der Waals surface area contributed by atoms with Gasteiger partial charge in [-0.3, -0.25) is 0 Å². The van der Waals surface area contributed by atoms with Crippen molar-refractivity contribution in [2.45, 2.75) is 13.5 Å². The Labute approximate surface area is 70.1 Å². The van der Waals surface area contributed by atoms with Crippen molar-refractivity contribution in [3.63, 3.8) is 0 Å². The molecular formula is C7H11N3O2. The first-order valence-electron chi connectivity index (χ1n) is 3.60. The van der Waals surface area contributed by atoms with Crippen molar-refractivity contribution in [1.82, 2.24) is 9.78 Å². The van der Waals surface area contributed by atoms with Gasteiger partial charge < -0.3 is 10.5 Å². The Balaban J connectivity index is 2.96. The summed E-state index contributed by atoms with van der Waals surface area (Å²) in [6.45, 7) is 2.53. The molecule has 0 bridgehead atoms. The van der Waals surface area contributed by atoms with Gasteiger partial charge in [0.1, 0.15) is 5.82 Å². The molecule has 0 saturated carbocycles. The Morgan fingerprint density at radius 3 is 2.92 bits per heavy atom. The zero-order valence-corrected chi connectivity index (χ0v) is 7.07.